The molecule has 0 saturated carbocycles. The molecule has 1 aromatic carbocycles. The second-order valence-corrected chi connectivity index (χ2v) is 5.72. The minimum Gasteiger partial charge on any atom is -0.480 e. The van der Waals surface area contributed by atoms with Crippen molar-refractivity contribution >= 4 is 29.2 Å². The molecule has 1 unspecified atom stereocenters. The number of hydrogen-bond donors (Lipinski definition) is 2. The molecule has 0 amide bonds. The number of aliphatic carboxylic acids is 2. The molecule has 1 aromatic rings. The Kier molecular flexibility index (Phi) is 4.61. The number of carboxylic acids is 2. The maximum atomic E-state index is 11.6. The highest BCUT2D eigenvalue weighted by Crippen LogP contribution is 2.41. The van der Waals surface area contributed by atoms with Crippen LogP contribution in [0.1, 0.15) is 13.3 Å². The molecule has 1 aliphatic carbocycles. The third kappa shape index (κ3) is 3.23. The molecular weight excluding hydrogens is 342 g/mol. The minimum atomic E-state index is -1.60. The van der Waals surface area contributed by atoms with E-state index in [0.717, 1.165) is 6.07 Å². The molecule has 0 radical (unpaired) electrons. The summed E-state index contributed by atoms with van der Waals surface area (Å²) in [6.07, 6.45) is 2.23. The summed E-state index contributed by atoms with van der Waals surface area (Å²) in [5.41, 5.74) is -1.91. The molecule has 1 atom stereocenters. The van der Waals surface area contributed by atoms with E-state index in [1.807, 2.05) is 0 Å². The number of carbonyl (C=O) groups is 2. The van der Waals surface area contributed by atoms with Crippen LogP contribution in [0.5, 0.6) is 5.75 Å². The molecule has 8 nitrogen and oxygen atoms in total. The van der Waals surface area contributed by atoms with Gasteiger partial charge in [0.1, 0.15) is 16.9 Å². The molecule has 0 bridgehead atoms. The van der Waals surface area contributed by atoms with Crippen molar-refractivity contribution in [2.24, 2.45) is 5.41 Å². The van der Waals surface area contributed by atoms with Crippen LogP contribution in [0.25, 0.3) is 0 Å². The lowest BCUT2D eigenvalue weighted by atomic mass is 9.78. The minimum absolute atomic E-state index is 0.0178. The van der Waals surface area contributed by atoms with Crippen molar-refractivity contribution < 1.29 is 29.5 Å². The van der Waals surface area contributed by atoms with Gasteiger partial charge in [-0.25, -0.2) is 4.79 Å². The Morgan fingerprint density at radius 2 is 2.00 bits per heavy atom. The molecule has 0 saturated heterocycles. The molecule has 1 aliphatic rings. The zero-order valence-electron chi connectivity index (χ0n) is 12.4. The molecule has 126 valence electrons. The number of nitro groups is 1. The molecule has 0 spiro atoms. The highest BCUT2D eigenvalue weighted by molar-refractivity contribution is 6.32. The van der Waals surface area contributed by atoms with Gasteiger partial charge in [-0.2, -0.15) is 0 Å². The Bertz CT molecular complexity index is 799. The summed E-state index contributed by atoms with van der Waals surface area (Å²) in [6.45, 7) is 1.33. The highest BCUT2D eigenvalue weighted by Gasteiger charge is 2.43. The molecule has 2 rings (SSSR count). The van der Waals surface area contributed by atoms with E-state index < -0.39 is 22.3 Å². The number of non-ortho nitro benzene ring substituents is 1. The largest absolute Gasteiger partial charge is 0.480 e. The topological polar surface area (TPSA) is 127 Å². The van der Waals surface area contributed by atoms with Gasteiger partial charge in [0.2, 0.25) is 0 Å². The number of nitro benzene ring substituents is 1. The number of rotatable bonds is 5. The SMILES string of the molecule is CC1(C(=O)O)CC(C(=O)O)=CC=C1Oc1ccc([N+](=O)[O-])cc1Cl. The van der Waals surface area contributed by atoms with Gasteiger partial charge < -0.3 is 14.9 Å². The standard InChI is InChI=1S/C15H12ClNO7/c1-15(14(20)21)7-8(13(18)19)2-5-12(15)24-11-4-3-9(17(22)23)6-10(11)16/h2-6H,7H2,1H3,(H,18,19)(H,20,21). The molecule has 0 aliphatic heterocycles. The maximum Gasteiger partial charge on any atom is 0.331 e. The summed E-state index contributed by atoms with van der Waals surface area (Å²) in [7, 11) is 0. The monoisotopic (exact) mass is 353 g/mol. The van der Waals surface area contributed by atoms with Gasteiger partial charge in [-0.3, -0.25) is 14.9 Å². The lowest BCUT2D eigenvalue weighted by Crippen LogP contribution is -2.35. The summed E-state index contributed by atoms with van der Waals surface area (Å²) in [6, 6.07) is 3.50. The smallest absolute Gasteiger partial charge is 0.331 e. The van der Waals surface area contributed by atoms with Crippen molar-refractivity contribution in [3.05, 3.63) is 56.8 Å². The summed E-state index contributed by atoms with van der Waals surface area (Å²) >= 11 is 5.93. The molecule has 24 heavy (non-hydrogen) atoms. The van der Waals surface area contributed by atoms with Crippen molar-refractivity contribution in [1.29, 1.82) is 0 Å². The van der Waals surface area contributed by atoms with Crippen LogP contribution in [0, 0.1) is 15.5 Å². The molecule has 0 fully saturated rings. The number of carboxylic acid groups (broad SMARTS) is 2. The van der Waals surface area contributed by atoms with Crippen molar-refractivity contribution in [3.63, 3.8) is 0 Å². The van der Waals surface area contributed by atoms with Gasteiger partial charge in [0.25, 0.3) is 5.69 Å². The van der Waals surface area contributed by atoms with E-state index in [-0.39, 0.29) is 34.2 Å². The van der Waals surface area contributed by atoms with Crippen LogP contribution in [0.2, 0.25) is 5.02 Å². The third-order valence-corrected chi connectivity index (χ3v) is 3.91. The van der Waals surface area contributed by atoms with Crippen molar-refractivity contribution in [2.45, 2.75) is 13.3 Å². The molecule has 9 heteroatoms. The predicted molar refractivity (Wildman–Crippen MR) is 82.9 cm³/mol. The fourth-order valence-electron chi connectivity index (χ4n) is 2.17. The average molecular weight is 354 g/mol. The molecule has 0 heterocycles. The first-order chi connectivity index (χ1) is 11.1. The second-order valence-electron chi connectivity index (χ2n) is 5.32. The van der Waals surface area contributed by atoms with Crippen LogP contribution in [0.15, 0.2) is 41.7 Å². The Balaban J connectivity index is 2.41. The van der Waals surface area contributed by atoms with Crippen LogP contribution in [0.3, 0.4) is 0 Å². The Morgan fingerprint density at radius 3 is 2.50 bits per heavy atom. The number of halogens is 1. The van der Waals surface area contributed by atoms with Crippen molar-refractivity contribution in [2.75, 3.05) is 0 Å². The Hall–Kier alpha value is -2.87. The number of benzene rings is 1. The van der Waals surface area contributed by atoms with Crippen molar-refractivity contribution in [3.8, 4) is 5.75 Å². The second kappa shape index (κ2) is 6.32. The van der Waals surface area contributed by atoms with Crippen LogP contribution in [-0.4, -0.2) is 27.1 Å². The quantitative estimate of drug-likeness (QED) is 0.615. The van der Waals surface area contributed by atoms with Gasteiger partial charge in [-0.15, -0.1) is 0 Å². The van der Waals surface area contributed by atoms with Crippen LogP contribution in [0.4, 0.5) is 5.69 Å². The van der Waals surface area contributed by atoms with E-state index in [4.69, 9.17) is 21.4 Å². The molecule has 0 aromatic heterocycles. The van der Waals surface area contributed by atoms with Gasteiger partial charge >= 0.3 is 11.9 Å². The van der Waals surface area contributed by atoms with E-state index in [1.165, 1.54) is 31.2 Å². The normalized spacial score (nSPS) is 19.9. The Morgan fingerprint density at radius 1 is 1.33 bits per heavy atom. The van der Waals surface area contributed by atoms with Gasteiger partial charge in [-0.05, 0) is 25.1 Å². The van der Waals surface area contributed by atoms with Crippen LogP contribution in [-0.2, 0) is 9.59 Å². The first-order valence-corrected chi connectivity index (χ1v) is 7.03. The fraction of sp³-hybridized carbons (Fsp3) is 0.200. The van der Waals surface area contributed by atoms with E-state index in [0.29, 0.717) is 0 Å². The van der Waals surface area contributed by atoms with Gasteiger partial charge in [0.05, 0.1) is 9.95 Å². The van der Waals surface area contributed by atoms with E-state index in [9.17, 15) is 24.8 Å². The lowest BCUT2D eigenvalue weighted by Gasteiger charge is -2.30. The lowest BCUT2D eigenvalue weighted by molar-refractivity contribution is -0.384. The number of allylic oxidation sites excluding steroid dienone is 2. The third-order valence-electron chi connectivity index (χ3n) is 3.62. The Labute approximate surface area is 140 Å². The average Bonchev–Trinajstić information content (AvgIpc) is 2.50. The first-order valence-electron chi connectivity index (χ1n) is 6.65. The van der Waals surface area contributed by atoms with E-state index in [1.54, 1.807) is 0 Å². The zero-order valence-corrected chi connectivity index (χ0v) is 13.1. The number of hydrogen-bond acceptors (Lipinski definition) is 5. The fourth-order valence-corrected chi connectivity index (χ4v) is 2.38. The van der Waals surface area contributed by atoms with E-state index >= 15 is 0 Å². The number of nitrogens with zero attached hydrogens (tertiary/aromatic N) is 1. The summed E-state index contributed by atoms with van der Waals surface area (Å²) in [5.74, 6) is -2.46. The van der Waals surface area contributed by atoms with Crippen molar-refractivity contribution in [1.82, 2.24) is 0 Å². The van der Waals surface area contributed by atoms with Gasteiger partial charge in [0.15, 0.2) is 0 Å². The summed E-state index contributed by atoms with van der Waals surface area (Å²) in [4.78, 5) is 32.8. The van der Waals surface area contributed by atoms with Gasteiger partial charge in [0, 0.05) is 24.1 Å². The predicted octanol–water partition coefficient (Wildman–Crippen LogP) is 3.02. The zero-order chi connectivity index (χ0) is 18.1. The molecule has 2 N–H and O–H groups in total. The highest BCUT2D eigenvalue weighted by atomic mass is 35.5. The van der Waals surface area contributed by atoms with Gasteiger partial charge in [-0.1, -0.05) is 11.6 Å². The maximum absolute atomic E-state index is 11.6. The molecular formula is C15H12ClNO7. The van der Waals surface area contributed by atoms with E-state index in [2.05, 4.69) is 0 Å². The summed E-state index contributed by atoms with van der Waals surface area (Å²) in [5, 5.41) is 29.1. The first kappa shape index (κ1) is 17.5. The van der Waals surface area contributed by atoms with Crippen LogP contribution >= 0.6 is 11.6 Å². The van der Waals surface area contributed by atoms with Crippen LogP contribution < -0.4 is 4.74 Å². The summed E-state index contributed by atoms with van der Waals surface area (Å²) < 4.78 is 5.51. The number of ether oxygens (including phenoxy) is 1.